The Morgan fingerprint density at radius 3 is 1.07 bits per heavy atom. The Kier molecular flexibility index (Phi) is 26.1. The lowest BCUT2D eigenvalue weighted by Crippen LogP contribution is -2.44. The van der Waals surface area contributed by atoms with Crippen molar-refractivity contribution in [1.82, 2.24) is 10.6 Å². The molecule has 0 aromatic rings. The summed E-state index contributed by atoms with van der Waals surface area (Å²) in [6.45, 7) is 11.4. The number of amides is 2. The molecule has 0 saturated carbocycles. The van der Waals surface area contributed by atoms with Crippen molar-refractivity contribution in [3.8, 4) is 0 Å². The standard InChI is InChI=1S/C36H68N4O6/c1-7-9-11-13-15-17-19-21-23-25-31(41)45-29-27-37-33(43)35(3,4)39-40-36(5,6)34(44)38-28-30-46-32(42)26-24-22-20-18-16-14-12-10-8-2/h7-30H2,1-6H3,(H,37,43)(H,38,44). The van der Waals surface area contributed by atoms with E-state index in [0.717, 1.165) is 38.5 Å². The van der Waals surface area contributed by atoms with Crippen molar-refractivity contribution in [1.29, 1.82) is 0 Å². The van der Waals surface area contributed by atoms with Crippen LogP contribution in [-0.4, -0.2) is 61.1 Å². The number of hydrogen-bond donors (Lipinski definition) is 2. The Labute approximate surface area is 280 Å². The molecule has 0 aliphatic carbocycles. The summed E-state index contributed by atoms with van der Waals surface area (Å²) >= 11 is 0. The van der Waals surface area contributed by atoms with Crippen molar-refractivity contribution in [3.05, 3.63) is 0 Å². The van der Waals surface area contributed by atoms with Crippen LogP contribution < -0.4 is 10.6 Å². The van der Waals surface area contributed by atoms with Gasteiger partial charge in [-0.25, -0.2) is 0 Å². The first-order chi connectivity index (χ1) is 22.0. The fourth-order valence-electron chi connectivity index (χ4n) is 4.74. The first-order valence-electron chi connectivity index (χ1n) is 18.3. The number of azo groups is 1. The molecule has 10 nitrogen and oxygen atoms in total. The van der Waals surface area contributed by atoms with Crippen molar-refractivity contribution in [2.75, 3.05) is 26.3 Å². The van der Waals surface area contributed by atoms with Crippen LogP contribution in [-0.2, 0) is 28.7 Å². The molecule has 0 aliphatic rings. The third-order valence-electron chi connectivity index (χ3n) is 7.93. The van der Waals surface area contributed by atoms with Gasteiger partial charge in [-0.2, -0.15) is 10.2 Å². The number of nitrogens with one attached hydrogen (secondary N) is 2. The summed E-state index contributed by atoms with van der Waals surface area (Å²) in [7, 11) is 0. The second kappa shape index (κ2) is 27.6. The maximum atomic E-state index is 12.6. The molecule has 0 atom stereocenters. The van der Waals surface area contributed by atoms with Gasteiger partial charge in [0.15, 0.2) is 11.1 Å². The Hall–Kier alpha value is -2.52. The van der Waals surface area contributed by atoms with Crippen LogP contribution in [0.4, 0.5) is 0 Å². The highest BCUT2D eigenvalue weighted by molar-refractivity contribution is 5.86. The van der Waals surface area contributed by atoms with Gasteiger partial charge in [-0.15, -0.1) is 0 Å². The molecule has 46 heavy (non-hydrogen) atoms. The van der Waals surface area contributed by atoms with Crippen LogP contribution in [0.1, 0.15) is 170 Å². The van der Waals surface area contributed by atoms with Crippen LogP contribution in [0.2, 0.25) is 0 Å². The molecule has 0 aromatic carbocycles. The molecule has 2 amide bonds. The molecule has 0 unspecified atom stereocenters. The quantitative estimate of drug-likeness (QED) is 0.0457. The molecule has 0 bridgehead atoms. The summed E-state index contributed by atoms with van der Waals surface area (Å²) in [5.41, 5.74) is -2.44. The van der Waals surface area contributed by atoms with Gasteiger partial charge in [-0.1, -0.05) is 117 Å². The third kappa shape index (κ3) is 24.7. The van der Waals surface area contributed by atoms with E-state index in [9.17, 15) is 19.2 Å². The molecule has 0 aromatic heterocycles. The van der Waals surface area contributed by atoms with E-state index in [1.807, 2.05) is 0 Å². The Morgan fingerprint density at radius 1 is 0.478 bits per heavy atom. The van der Waals surface area contributed by atoms with E-state index in [-0.39, 0.29) is 50.1 Å². The van der Waals surface area contributed by atoms with Gasteiger partial charge in [0, 0.05) is 12.8 Å². The van der Waals surface area contributed by atoms with Gasteiger partial charge in [0.1, 0.15) is 13.2 Å². The van der Waals surface area contributed by atoms with Crippen molar-refractivity contribution in [3.63, 3.8) is 0 Å². The summed E-state index contributed by atoms with van der Waals surface area (Å²) in [6, 6.07) is 0. The Balaban J connectivity index is 4.09. The second-order valence-electron chi connectivity index (χ2n) is 13.4. The number of carbonyl (C=O) groups is 4. The predicted molar refractivity (Wildman–Crippen MR) is 185 cm³/mol. The van der Waals surface area contributed by atoms with Gasteiger partial charge >= 0.3 is 11.9 Å². The van der Waals surface area contributed by atoms with Crippen LogP contribution in [0.15, 0.2) is 10.2 Å². The van der Waals surface area contributed by atoms with Gasteiger partial charge < -0.3 is 20.1 Å². The Morgan fingerprint density at radius 2 is 0.761 bits per heavy atom. The van der Waals surface area contributed by atoms with Crippen LogP contribution in [0.25, 0.3) is 0 Å². The molecule has 0 fully saturated rings. The normalized spacial score (nSPS) is 11.9. The average molecular weight is 653 g/mol. The number of nitrogens with zero attached hydrogens (tertiary/aromatic N) is 2. The lowest BCUT2D eigenvalue weighted by molar-refractivity contribution is -0.144. The fourth-order valence-corrected chi connectivity index (χ4v) is 4.74. The second-order valence-corrected chi connectivity index (χ2v) is 13.4. The zero-order chi connectivity index (χ0) is 34.5. The molecule has 0 spiro atoms. The van der Waals surface area contributed by atoms with E-state index in [1.54, 1.807) is 27.7 Å². The van der Waals surface area contributed by atoms with Crippen molar-refractivity contribution < 1.29 is 28.7 Å². The van der Waals surface area contributed by atoms with Crippen LogP contribution in [0.3, 0.4) is 0 Å². The highest BCUT2D eigenvalue weighted by atomic mass is 16.5. The monoisotopic (exact) mass is 653 g/mol. The molecule has 0 radical (unpaired) electrons. The van der Waals surface area contributed by atoms with E-state index in [0.29, 0.717) is 12.8 Å². The SMILES string of the molecule is CCCCCCCCCCCC(=O)OCCNC(=O)C(C)(C)N=NC(C)(C)C(=O)NCCOC(=O)CCCCCCCCCCC. The average Bonchev–Trinajstić information content (AvgIpc) is 3.02. The number of ether oxygens (including phenoxy) is 2. The van der Waals surface area contributed by atoms with E-state index in [4.69, 9.17) is 9.47 Å². The summed E-state index contributed by atoms with van der Waals surface area (Å²) < 4.78 is 10.5. The summed E-state index contributed by atoms with van der Waals surface area (Å²) in [6.07, 6.45) is 22.1. The largest absolute Gasteiger partial charge is 0.464 e. The van der Waals surface area contributed by atoms with Gasteiger partial charge in [0.25, 0.3) is 0 Å². The number of rotatable bonds is 30. The fraction of sp³-hybridized carbons (Fsp3) is 0.889. The molecule has 268 valence electrons. The topological polar surface area (TPSA) is 136 Å². The summed E-state index contributed by atoms with van der Waals surface area (Å²) in [4.78, 5) is 49.2. The van der Waals surface area contributed by atoms with Crippen LogP contribution >= 0.6 is 0 Å². The molecule has 0 aliphatic heterocycles. The number of carbonyl (C=O) groups excluding carboxylic acids is 4. The molecule has 10 heteroatoms. The van der Waals surface area contributed by atoms with E-state index < -0.39 is 11.1 Å². The summed E-state index contributed by atoms with van der Waals surface area (Å²) in [5.74, 6) is -1.28. The molecule has 2 N–H and O–H groups in total. The first-order valence-corrected chi connectivity index (χ1v) is 18.3. The molecular formula is C36H68N4O6. The molecule has 0 saturated heterocycles. The Bertz CT molecular complexity index is 791. The maximum absolute atomic E-state index is 12.6. The lowest BCUT2D eigenvalue weighted by atomic mass is 10.0. The van der Waals surface area contributed by atoms with E-state index in [1.165, 1.54) is 77.0 Å². The minimum atomic E-state index is -1.22. The van der Waals surface area contributed by atoms with E-state index in [2.05, 4.69) is 34.7 Å². The predicted octanol–water partition coefficient (Wildman–Crippen LogP) is 8.16. The summed E-state index contributed by atoms with van der Waals surface area (Å²) in [5, 5.41) is 13.7. The van der Waals surface area contributed by atoms with Crippen LogP contribution in [0, 0.1) is 0 Å². The molecule has 0 heterocycles. The number of esters is 2. The number of unbranched alkanes of at least 4 members (excludes halogenated alkanes) is 16. The maximum Gasteiger partial charge on any atom is 0.305 e. The smallest absolute Gasteiger partial charge is 0.305 e. The lowest BCUT2D eigenvalue weighted by Gasteiger charge is -2.22. The first kappa shape index (κ1) is 43.5. The van der Waals surface area contributed by atoms with Crippen molar-refractivity contribution in [2.45, 2.75) is 181 Å². The van der Waals surface area contributed by atoms with Crippen molar-refractivity contribution in [2.24, 2.45) is 10.2 Å². The minimum absolute atomic E-state index is 0.0902. The minimum Gasteiger partial charge on any atom is -0.464 e. The van der Waals surface area contributed by atoms with Crippen molar-refractivity contribution >= 4 is 23.8 Å². The van der Waals surface area contributed by atoms with E-state index >= 15 is 0 Å². The van der Waals surface area contributed by atoms with Gasteiger partial charge in [0.05, 0.1) is 13.1 Å². The van der Waals surface area contributed by atoms with Gasteiger partial charge in [0.2, 0.25) is 11.8 Å². The number of hydrogen-bond acceptors (Lipinski definition) is 8. The van der Waals surface area contributed by atoms with Gasteiger partial charge in [-0.3, -0.25) is 19.2 Å². The molecule has 0 rings (SSSR count). The zero-order valence-electron chi connectivity index (χ0n) is 30.3. The highest BCUT2D eigenvalue weighted by Crippen LogP contribution is 2.17. The zero-order valence-corrected chi connectivity index (χ0v) is 30.3. The third-order valence-corrected chi connectivity index (χ3v) is 7.93. The highest BCUT2D eigenvalue weighted by Gasteiger charge is 2.32. The molecular weight excluding hydrogens is 584 g/mol. The van der Waals surface area contributed by atoms with Gasteiger partial charge in [-0.05, 0) is 40.5 Å². The van der Waals surface area contributed by atoms with Crippen LogP contribution in [0.5, 0.6) is 0 Å².